The van der Waals surface area contributed by atoms with Crippen LogP contribution in [-0.4, -0.2) is 56.0 Å². The Kier molecular flexibility index (Phi) is 16.4. The highest BCUT2D eigenvalue weighted by atomic mass is 16.6. The van der Waals surface area contributed by atoms with Crippen molar-refractivity contribution in [1.82, 2.24) is 9.55 Å². The van der Waals surface area contributed by atoms with Crippen LogP contribution in [0.5, 0.6) is 17.2 Å². The summed E-state index contributed by atoms with van der Waals surface area (Å²) >= 11 is 0. The maximum atomic E-state index is 14.6. The summed E-state index contributed by atoms with van der Waals surface area (Å²) in [5.41, 5.74) is 2.03. The molecule has 0 N–H and O–H groups in total. The number of hydrogen-bond donors (Lipinski definition) is 0. The molecule has 0 fully saturated rings. The van der Waals surface area contributed by atoms with Gasteiger partial charge in [-0.2, -0.15) is 0 Å². The van der Waals surface area contributed by atoms with E-state index in [-0.39, 0.29) is 36.9 Å². The number of hydrogen-bond acceptors (Lipinski definition) is 8. The summed E-state index contributed by atoms with van der Waals surface area (Å²) in [5, 5.41) is 0. The average molecular weight is 707 g/mol. The fourth-order valence-corrected chi connectivity index (χ4v) is 6.28. The Labute approximate surface area is 306 Å². The van der Waals surface area contributed by atoms with Gasteiger partial charge in [-0.05, 0) is 48.3 Å². The van der Waals surface area contributed by atoms with Gasteiger partial charge < -0.3 is 28.3 Å². The van der Waals surface area contributed by atoms with Crippen LogP contribution >= 0.6 is 0 Å². The summed E-state index contributed by atoms with van der Waals surface area (Å²) in [7, 11) is 4.63. The Balaban J connectivity index is 2.20. The van der Waals surface area contributed by atoms with Crippen molar-refractivity contribution in [2.45, 2.75) is 87.1 Å². The number of esters is 2. The minimum Gasteiger partial charge on any atom is -0.496 e. The van der Waals surface area contributed by atoms with E-state index in [0.717, 1.165) is 31.2 Å². The van der Waals surface area contributed by atoms with Crippen molar-refractivity contribution in [3.8, 4) is 28.5 Å². The van der Waals surface area contributed by atoms with Crippen molar-refractivity contribution < 1.29 is 33.3 Å². The second-order valence-corrected chi connectivity index (χ2v) is 15.2. The number of methoxy groups -OCH3 is 3. The van der Waals surface area contributed by atoms with Crippen LogP contribution in [0.25, 0.3) is 11.3 Å². The average Bonchev–Trinajstić information content (AvgIpc) is 3.59. The van der Waals surface area contributed by atoms with Crippen LogP contribution < -0.4 is 14.2 Å². The van der Waals surface area contributed by atoms with Gasteiger partial charge in [-0.25, -0.2) is 4.98 Å². The third-order valence-electron chi connectivity index (χ3n) is 9.86. The third-order valence-corrected chi connectivity index (χ3v) is 9.86. The molecule has 0 aliphatic heterocycles. The molecule has 1 aromatic heterocycles. The van der Waals surface area contributed by atoms with Crippen molar-refractivity contribution in [1.29, 1.82) is 0 Å². The van der Waals surface area contributed by atoms with E-state index in [2.05, 4.69) is 55.4 Å². The molecule has 282 valence electrons. The molecule has 3 aromatic rings. The standard InChI is InChI=1S/C42H62N2O7/c1-27(2)17-19-32(29(5)6)24-50-41(45)39(42(46)51-25-33(30(7)8)20-18-28(3)4)40(38-36(48-10)21-34(47-9)22-37(38)49-11)44-23-35(43-26-44)31-15-13-12-14-16-31/h12-16,21-23,26-30,32-33,39-40H,17-20,24-25H2,1-11H3. The quantitative estimate of drug-likeness (QED) is 0.0799. The van der Waals surface area contributed by atoms with Crippen molar-refractivity contribution in [2.75, 3.05) is 34.5 Å². The van der Waals surface area contributed by atoms with Crippen molar-refractivity contribution in [3.05, 3.63) is 60.6 Å². The normalized spacial score (nSPS) is 14.0. The van der Waals surface area contributed by atoms with Gasteiger partial charge in [0.15, 0.2) is 5.92 Å². The molecular weight excluding hydrogens is 644 g/mol. The summed E-state index contributed by atoms with van der Waals surface area (Å²) in [6.45, 7) is 17.7. The highest BCUT2D eigenvalue weighted by Gasteiger charge is 2.44. The molecule has 3 unspecified atom stereocenters. The predicted molar refractivity (Wildman–Crippen MR) is 202 cm³/mol. The van der Waals surface area contributed by atoms with Crippen molar-refractivity contribution in [2.24, 2.45) is 41.4 Å². The molecule has 3 rings (SSSR count). The van der Waals surface area contributed by atoms with Gasteiger partial charge in [-0.15, -0.1) is 0 Å². The number of aromatic nitrogens is 2. The predicted octanol–water partition coefficient (Wildman–Crippen LogP) is 9.28. The van der Waals surface area contributed by atoms with Crippen LogP contribution in [0.1, 0.15) is 92.7 Å². The monoisotopic (exact) mass is 706 g/mol. The smallest absolute Gasteiger partial charge is 0.322 e. The molecule has 0 aliphatic carbocycles. The molecular formula is C42H62N2O7. The number of carbonyl (C=O) groups is 2. The molecule has 0 saturated heterocycles. The molecule has 0 spiro atoms. The van der Waals surface area contributed by atoms with E-state index >= 15 is 0 Å². The first kappa shape index (κ1) is 41.4. The van der Waals surface area contributed by atoms with Crippen molar-refractivity contribution >= 4 is 11.9 Å². The second-order valence-electron chi connectivity index (χ2n) is 15.2. The molecule has 0 bridgehead atoms. The Hall–Kier alpha value is -4.01. The molecule has 0 radical (unpaired) electrons. The highest BCUT2D eigenvalue weighted by Crippen LogP contribution is 2.44. The lowest BCUT2D eigenvalue weighted by Gasteiger charge is -2.30. The summed E-state index contributed by atoms with van der Waals surface area (Å²) < 4.78 is 31.4. The lowest BCUT2D eigenvalue weighted by molar-refractivity contribution is -0.166. The number of ether oxygens (including phenoxy) is 5. The summed E-state index contributed by atoms with van der Waals surface area (Å²) in [6, 6.07) is 12.2. The van der Waals surface area contributed by atoms with Gasteiger partial charge in [-0.1, -0.05) is 98.6 Å². The fraction of sp³-hybridized carbons (Fsp3) is 0.595. The lowest BCUT2D eigenvalue weighted by atomic mass is 9.88. The maximum Gasteiger partial charge on any atom is 0.322 e. The van der Waals surface area contributed by atoms with Gasteiger partial charge in [0.1, 0.15) is 17.2 Å². The van der Waals surface area contributed by atoms with E-state index in [1.54, 1.807) is 30.1 Å². The fourth-order valence-electron chi connectivity index (χ4n) is 6.28. The minimum atomic E-state index is -1.41. The van der Waals surface area contributed by atoms with Crippen LogP contribution in [0, 0.1) is 41.4 Å². The maximum absolute atomic E-state index is 14.6. The number of carbonyl (C=O) groups excluding carboxylic acids is 2. The number of nitrogens with zero attached hydrogens (tertiary/aromatic N) is 2. The van der Waals surface area contributed by atoms with Crippen molar-refractivity contribution in [3.63, 3.8) is 0 Å². The summed E-state index contributed by atoms with van der Waals surface area (Å²) in [5.74, 6) is 0.402. The number of rotatable bonds is 21. The molecule has 2 aromatic carbocycles. The summed E-state index contributed by atoms with van der Waals surface area (Å²) in [4.78, 5) is 33.8. The first-order valence-electron chi connectivity index (χ1n) is 18.5. The van der Waals surface area contributed by atoms with Crippen LogP contribution in [0.15, 0.2) is 55.0 Å². The zero-order valence-corrected chi connectivity index (χ0v) is 32.8. The molecule has 0 amide bonds. The van der Waals surface area contributed by atoms with Gasteiger partial charge in [0, 0.05) is 23.9 Å². The molecule has 1 heterocycles. The highest BCUT2D eigenvalue weighted by molar-refractivity contribution is 5.96. The van der Waals surface area contributed by atoms with Gasteiger partial charge in [0.25, 0.3) is 0 Å². The SMILES string of the molecule is COc1cc(OC)c(C(C(C(=O)OCC(CCC(C)C)C(C)C)C(=O)OCC(CCC(C)C)C(C)C)n2cnc(-c3ccccc3)c2)c(OC)c1. The van der Waals surface area contributed by atoms with E-state index in [0.29, 0.717) is 40.3 Å². The zero-order valence-electron chi connectivity index (χ0n) is 32.8. The summed E-state index contributed by atoms with van der Waals surface area (Å²) in [6.07, 6.45) is 7.31. The van der Waals surface area contributed by atoms with E-state index in [1.165, 1.54) is 14.2 Å². The Morgan fingerprint density at radius 2 is 1.18 bits per heavy atom. The van der Waals surface area contributed by atoms with Gasteiger partial charge in [0.2, 0.25) is 0 Å². The first-order valence-corrected chi connectivity index (χ1v) is 18.5. The topological polar surface area (TPSA) is 98.1 Å². The van der Waals surface area contributed by atoms with Crippen LogP contribution in [-0.2, 0) is 19.1 Å². The van der Waals surface area contributed by atoms with Gasteiger partial charge in [0.05, 0.1) is 58.2 Å². The molecule has 3 atom stereocenters. The van der Waals surface area contributed by atoms with E-state index in [1.807, 2.05) is 36.5 Å². The molecule has 9 heteroatoms. The number of benzene rings is 2. The largest absolute Gasteiger partial charge is 0.496 e. The molecule has 0 saturated carbocycles. The van der Waals surface area contributed by atoms with E-state index in [9.17, 15) is 9.59 Å². The van der Waals surface area contributed by atoms with Gasteiger partial charge in [-0.3, -0.25) is 9.59 Å². The second kappa shape index (κ2) is 20.1. The minimum absolute atomic E-state index is 0.135. The van der Waals surface area contributed by atoms with Crippen LogP contribution in [0.2, 0.25) is 0 Å². The lowest BCUT2D eigenvalue weighted by Crippen LogP contribution is -2.38. The van der Waals surface area contributed by atoms with E-state index in [4.69, 9.17) is 28.7 Å². The molecule has 9 nitrogen and oxygen atoms in total. The molecule has 0 aliphatic rings. The van der Waals surface area contributed by atoms with E-state index < -0.39 is 23.9 Å². The zero-order chi connectivity index (χ0) is 37.7. The Bertz CT molecular complexity index is 1430. The van der Waals surface area contributed by atoms with Crippen LogP contribution in [0.3, 0.4) is 0 Å². The Morgan fingerprint density at radius 3 is 1.59 bits per heavy atom. The molecule has 51 heavy (non-hydrogen) atoms. The Morgan fingerprint density at radius 1 is 0.686 bits per heavy atom. The van der Waals surface area contributed by atoms with Crippen LogP contribution in [0.4, 0.5) is 0 Å². The number of imidazole rings is 1. The first-order chi connectivity index (χ1) is 24.3. The van der Waals surface area contributed by atoms with Gasteiger partial charge >= 0.3 is 11.9 Å². The third kappa shape index (κ3) is 11.8.